The van der Waals surface area contributed by atoms with Crippen molar-refractivity contribution in [3.8, 4) is 0 Å². The van der Waals surface area contributed by atoms with E-state index in [-0.39, 0.29) is 15.6 Å². The quantitative estimate of drug-likeness (QED) is 0.334. The molecule has 0 aliphatic rings. The maximum atomic E-state index is 13.3. The number of nitrogens with zero attached hydrogens (tertiary/aromatic N) is 2. The van der Waals surface area contributed by atoms with E-state index >= 15 is 0 Å². The van der Waals surface area contributed by atoms with Crippen molar-refractivity contribution in [2.45, 2.75) is 4.90 Å². The second-order valence-electron chi connectivity index (χ2n) is 6.24. The molecule has 0 spiro atoms. The summed E-state index contributed by atoms with van der Waals surface area (Å²) in [6.45, 7) is -0.536. The number of nitrogens with one attached hydrogen (secondary N) is 1. The monoisotopic (exact) mass is 539 g/mol. The Labute approximate surface area is 198 Å². The predicted molar refractivity (Wildman–Crippen MR) is 127 cm³/mol. The fourth-order valence-corrected chi connectivity index (χ4v) is 5.03. The van der Waals surface area contributed by atoms with Gasteiger partial charge >= 0.3 is 0 Å². The second-order valence-corrected chi connectivity index (χ2v) is 9.80. The van der Waals surface area contributed by atoms with Crippen LogP contribution in [0.25, 0.3) is 0 Å². The van der Waals surface area contributed by atoms with E-state index < -0.39 is 22.5 Å². The van der Waals surface area contributed by atoms with Crippen LogP contribution < -0.4 is 9.73 Å². The highest BCUT2D eigenvalue weighted by molar-refractivity contribution is 9.10. The number of sulfonamides is 1. The summed E-state index contributed by atoms with van der Waals surface area (Å²) in [6.07, 6.45) is 1.45. The number of benzene rings is 3. The van der Waals surface area contributed by atoms with Gasteiger partial charge in [0.05, 0.1) is 21.8 Å². The molecule has 31 heavy (non-hydrogen) atoms. The standard InChI is InChI=1S/C21H16BrCl2N3O3S/c22-18-9-5-4-6-15(18)13-25-26-21(28)14-27(20-11-10-16(23)12-19(20)24)31(29,30)17-7-2-1-3-8-17/h1-13H,14H2,(H,26,28)/b25-13-. The third kappa shape index (κ3) is 5.86. The summed E-state index contributed by atoms with van der Waals surface area (Å²) in [4.78, 5) is 12.6. The average Bonchev–Trinajstić information content (AvgIpc) is 2.74. The van der Waals surface area contributed by atoms with E-state index in [1.165, 1.54) is 36.5 Å². The Balaban J connectivity index is 1.88. The van der Waals surface area contributed by atoms with E-state index in [1.807, 2.05) is 18.2 Å². The van der Waals surface area contributed by atoms with Crippen LogP contribution >= 0.6 is 39.1 Å². The summed E-state index contributed by atoms with van der Waals surface area (Å²) in [6, 6.07) is 19.4. The third-order valence-corrected chi connectivity index (χ3v) is 7.13. The van der Waals surface area contributed by atoms with Gasteiger partial charge in [-0.2, -0.15) is 5.10 Å². The lowest BCUT2D eigenvalue weighted by molar-refractivity contribution is -0.119. The molecule has 3 aromatic carbocycles. The molecule has 0 unspecified atom stereocenters. The van der Waals surface area contributed by atoms with Crippen LogP contribution in [0.5, 0.6) is 0 Å². The molecule has 0 saturated heterocycles. The van der Waals surface area contributed by atoms with Gasteiger partial charge in [0.15, 0.2) is 0 Å². The molecule has 0 saturated carbocycles. The zero-order valence-corrected chi connectivity index (χ0v) is 19.8. The summed E-state index contributed by atoms with van der Waals surface area (Å²) in [5.74, 6) is -0.645. The fourth-order valence-electron chi connectivity index (χ4n) is 2.62. The number of carbonyl (C=O) groups excluding carboxylic acids is 1. The number of hydrogen-bond donors (Lipinski definition) is 1. The van der Waals surface area contributed by atoms with Gasteiger partial charge in [0, 0.05) is 15.1 Å². The van der Waals surface area contributed by atoms with Crippen molar-refractivity contribution in [3.63, 3.8) is 0 Å². The van der Waals surface area contributed by atoms with Gasteiger partial charge in [0.25, 0.3) is 15.9 Å². The van der Waals surface area contributed by atoms with Gasteiger partial charge in [-0.15, -0.1) is 0 Å². The molecule has 0 atom stereocenters. The van der Waals surface area contributed by atoms with Crippen LogP contribution in [-0.4, -0.2) is 27.1 Å². The van der Waals surface area contributed by atoms with Crippen molar-refractivity contribution in [2.75, 3.05) is 10.8 Å². The molecule has 1 N–H and O–H groups in total. The average molecular weight is 541 g/mol. The molecule has 3 aromatic rings. The van der Waals surface area contributed by atoms with Gasteiger partial charge in [0.2, 0.25) is 0 Å². The van der Waals surface area contributed by atoms with Crippen molar-refractivity contribution in [1.82, 2.24) is 5.43 Å². The molecule has 3 rings (SSSR count). The molecular formula is C21H16BrCl2N3O3S. The highest BCUT2D eigenvalue weighted by Gasteiger charge is 2.28. The lowest BCUT2D eigenvalue weighted by atomic mass is 10.2. The van der Waals surface area contributed by atoms with Crippen molar-refractivity contribution < 1.29 is 13.2 Å². The number of hydrogen-bond acceptors (Lipinski definition) is 4. The van der Waals surface area contributed by atoms with Crippen molar-refractivity contribution in [2.24, 2.45) is 5.10 Å². The summed E-state index contributed by atoms with van der Waals surface area (Å²) in [5.41, 5.74) is 3.22. The van der Waals surface area contributed by atoms with Crippen LogP contribution in [0.1, 0.15) is 5.56 Å². The first-order valence-corrected chi connectivity index (χ1v) is 11.9. The molecule has 0 heterocycles. The Morgan fingerprint density at radius 3 is 2.39 bits per heavy atom. The zero-order valence-electron chi connectivity index (χ0n) is 15.9. The molecule has 0 radical (unpaired) electrons. The lowest BCUT2D eigenvalue weighted by Crippen LogP contribution is -2.39. The highest BCUT2D eigenvalue weighted by Crippen LogP contribution is 2.32. The zero-order chi connectivity index (χ0) is 22.4. The second kappa shape index (κ2) is 10.3. The number of halogens is 3. The SMILES string of the molecule is O=C(CN(c1ccc(Cl)cc1Cl)S(=O)(=O)c1ccccc1)N/N=C\c1ccccc1Br. The van der Waals surface area contributed by atoms with Crippen molar-refractivity contribution in [1.29, 1.82) is 0 Å². The Morgan fingerprint density at radius 1 is 1.03 bits per heavy atom. The summed E-state index contributed by atoms with van der Waals surface area (Å²) in [7, 11) is -4.08. The van der Waals surface area contributed by atoms with Crippen LogP contribution in [0.15, 0.2) is 87.3 Å². The van der Waals surface area contributed by atoms with Crippen LogP contribution in [0, 0.1) is 0 Å². The molecule has 10 heteroatoms. The Morgan fingerprint density at radius 2 is 1.71 bits per heavy atom. The minimum atomic E-state index is -4.08. The highest BCUT2D eigenvalue weighted by atomic mass is 79.9. The molecule has 0 aliphatic heterocycles. The normalized spacial score (nSPS) is 11.5. The maximum absolute atomic E-state index is 13.3. The van der Waals surface area contributed by atoms with Crippen LogP contribution in [0.2, 0.25) is 10.0 Å². The van der Waals surface area contributed by atoms with E-state index in [1.54, 1.807) is 24.3 Å². The lowest BCUT2D eigenvalue weighted by Gasteiger charge is -2.24. The molecule has 6 nitrogen and oxygen atoms in total. The van der Waals surface area contributed by atoms with Crippen LogP contribution in [0.4, 0.5) is 5.69 Å². The van der Waals surface area contributed by atoms with E-state index in [4.69, 9.17) is 23.2 Å². The van der Waals surface area contributed by atoms with Crippen LogP contribution in [0.3, 0.4) is 0 Å². The number of carbonyl (C=O) groups is 1. The molecule has 0 aliphatic carbocycles. The van der Waals surface area contributed by atoms with Crippen LogP contribution in [-0.2, 0) is 14.8 Å². The number of amides is 1. The molecule has 0 fully saturated rings. The minimum Gasteiger partial charge on any atom is -0.271 e. The summed E-state index contributed by atoms with van der Waals surface area (Å²) < 4.78 is 28.2. The smallest absolute Gasteiger partial charge is 0.264 e. The summed E-state index contributed by atoms with van der Waals surface area (Å²) >= 11 is 15.6. The third-order valence-electron chi connectivity index (χ3n) is 4.09. The molecule has 0 bridgehead atoms. The van der Waals surface area contributed by atoms with Gasteiger partial charge < -0.3 is 0 Å². The topological polar surface area (TPSA) is 78.8 Å². The van der Waals surface area contributed by atoms with E-state index in [9.17, 15) is 13.2 Å². The number of anilines is 1. The maximum Gasteiger partial charge on any atom is 0.264 e. The largest absolute Gasteiger partial charge is 0.271 e. The number of hydrazone groups is 1. The van der Waals surface area contributed by atoms with Gasteiger partial charge in [-0.25, -0.2) is 13.8 Å². The van der Waals surface area contributed by atoms with Gasteiger partial charge in [-0.05, 0) is 36.4 Å². The molecule has 0 aromatic heterocycles. The van der Waals surface area contributed by atoms with Crippen molar-refractivity contribution >= 4 is 67.0 Å². The van der Waals surface area contributed by atoms with E-state index in [2.05, 4.69) is 26.5 Å². The first-order valence-electron chi connectivity index (χ1n) is 8.88. The first-order chi connectivity index (χ1) is 14.8. The fraction of sp³-hybridized carbons (Fsp3) is 0.0476. The number of rotatable bonds is 7. The van der Waals surface area contributed by atoms with Gasteiger partial charge in [-0.1, -0.05) is 75.5 Å². The Hall–Kier alpha value is -2.39. The van der Waals surface area contributed by atoms with E-state index in [0.717, 1.165) is 14.3 Å². The first kappa shape index (κ1) is 23.3. The predicted octanol–water partition coefficient (Wildman–Crippen LogP) is 5.10. The molecule has 1 amide bonds. The minimum absolute atomic E-state index is 0.0190. The van der Waals surface area contributed by atoms with Gasteiger partial charge in [0.1, 0.15) is 6.54 Å². The Kier molecular flexibility index (Phi) is 7.72. The molecule has 160 valence electrons. The van der Waals surface area contributed by atoms with Gasteiger partial charge in [-0.3, -0.25) is 9.10 Å². The molecular weight excluding hydrogens is 525 g/mol. The summed E-state index contributed by atoms with van der Waals surface area (Å²) in [5, 5.41) is 4.35. The van der Waals surface area contributed by atoms with E-state index in [0.29, 0.717) is 5.02 Å². The Bertz CT molecular complexity index is 1220. The van der Waals surface area contributed by atoms with Crippen molar-refractivity contribution in [3.05, 3.63) is 92.9 Å².